The van der Waals surface area contributed by atoms with E-state index in [2.05, 4.69) is 27.7 Å². The summed E-state index contributed by atoms with van der Waals surface area (Å²) in [4.78, 5) is 0. The molecule has 0 heterocycles. The summed E-state index contributed by atoms with van der Waals surface area (Å²) >= 11 is 0. The Morgan fingerprint density at radius 3 is 1.61 bits per heavy atom. The molecule has 0 aromatic carbocycles. The van der Waals surface area contributed by atoms with Crippen LogP contribution in [0.2, 0.25) is 0 Å². The first-order valence-electron chi connectivity index (χ1n) is 8.04. The van der Waals surface area contributed by atoms with E-state index in [-0.39, 0.29) is 5.54 Å². The molecule has 0 amide bonds. The standard InChI is InChI=1S/C16H36N2/c1-5-15(6-2,16(18,7-3)8-4)13-11-9-10-12-14-17/h5-14,17-18H2,1-4H3. The van der Waals surface area contributed by atoms with E-state index >= 15 is 0 Å². The molecule has 0 aromatic heterocycles. The van der Waals surface area contributed by atoms with Gasteiger partial charge in [-0.25, -0.2) is 0 Å². The molecule has 0 aliphatic heterocycles. The smallest absolute Gasteiger partial charge is 0.0205 e. The summed E-state index contributed by atoms with van der Waals surface area (Å²) in [5.41, 5.74) is 12.6. The first-order chi connectivity index (χ1) is 8.55. The van der Waals surface area contributed by atoms with Crippen LogP contribution in [0.25, 0.3) is 0 Å². The van der Waals surface area contributed by atoms with Crippen LogP contribution in [-0.2, 0) is 0 Å². The van der Waals surface area contributed by atoms with Gasteiger partial charge in [0.05, 0.1) is 0 Å². The maximum Gasteiger partial charge on any atom is 0.0205 e. The number of hydrogen-bond donors (Lipinski definition) is 2. The summed E-state index contributed by atoms with van der Waals surface area (Å²) in [6.45, 7) is 9.96. The Labute approximate surface area is 115 Å². The van der Waals surface area contributed by atoms with Crippen LogP contribution >= 0.6 is 0 Å². The highest BCUT2D eigenvalue weighted by Gasteiger charge is 2.42. The molecule has 4 N–H and O–H groups in total. The molecular formula is C16H36N2. The van der Waals surface area contributed by atoms with E-state index in [1.165, 1.54) is 44.9 Å². The summed E-state index contributed by atoms with van der Waals surface area (Å²) in [7, 11) is 0. The van der Waals surface area contributed by atoms with Gasteiger partial charge in [-0.3, -0.25) is 0 Å². The number of nitrogens with two attached hydrogens (primary N) is 2. The van der Waals surface area contributed by atoms with Crippen molar-refractivity contribution in [2.75, 3.05) is 6.54 Å². The first-order valence-corrected chi connectivity index (χ1v) is 8.04. The molecule has 2 heteroatoms. The van der Waals surface area contributed by atoms with Crippen LogP contribution in [-0.4, -0.2) is 12.1 Å². The Morgan fingerprint density at radius 1 is 0.722 bits per heavy atom. The van der Waals surface area contributed by atoms with Crippen molar-refractivity contribution in [3.05, 3.63) is 0 Å². The molecular weight excluding hydrogens is 220 g/mol. The molecule has 18 heavy (non-hydrogen) atoms. The van der Waals surface area contributed by atoms with Crippen LogP contribution in [0.3, 0.4) is 0 Å². The molecule has 110 valence electrons. The van der Waals surface area contributed by atoms with E-state index in [4.69, 9.17) is 11.5 Å². The third kappa shape index (κ3) is 4.24. The van der Waals surface area contributed by atoms with Crippen molar-refractivity contribution in [3.63, 3.8) is 0 Å². The van der Waals surface area contributed by atoms with Gasteiger partial charge in [-0.15, -0.1) is 0 Å². The van der Waals surface area contributed by atoms with Gasteiger partial charge in [-0.05, 0) is 50.5 Å². The molecule has 0 spiro atoms. The monoisotopic (exact) mass is 256 g/mol. The lowest BCUT2D eigenvalue weighted by Crippen LogP contribution is -2.54. The second kappa shape index (κ2) is 8.92. The van der Waals surface area contributed by atoms with Crippen molar-refractivity contribution in [1.29, 1.82) is 0 Å². The summed E-state index contributed by atoms with van der Waals surface area (Å²) in [5, 5.41) is 0. The van der Waals surface area contributed by atoms with E-state index in [1.807, 2.05) is 0 Å². The molecule has 0 saturated heterocycles. The molecule has 0 aliphatic carbocycles. The van der Waals surface area contributed by atoms with Crippen LogP contribution < -0.4 is 11.5 Å². The highest BCUT2D eigenvalue weighted by Crippen LogP contribution is 2.45. The first kappa shape index (κ1) is 17.9. The van der Waals surface area contributed by atoms with E-state index < -0.39 is 0 Å². The minimum absolute atomic E-state index is 0.0182. The summed E-state index contributed by atoms with van der Waals surface area (Å²) < 4.78 is 0. The van der Waals surface area contributed by atoms with Crippen molar-refractivity contribution < 1.29 is 0 Å². The lowest BCUT2D eigenvalue weighted by molar-refractivity contribution is 0.0801. The normalized spacial score (nSPS) is 13.0. The zero-order chi connectivity index (χ0) is 14.1. The van der Waals surface area contributed by atoms with Crippen molar-refractivity contribution in [3.8, 4) is 0 Å². The SMILES string of the molecule is CCC(N)(CC)C(CC)(CC)CCCCCCN. The molecule has 0 radical (unpaired) electrons. The molecule has 0 bridgehead atoms. The van der Waals surface area contributed by atoms with Crippen molar-refractivity contribution >= 4 is 0 Å². The second-order valence-corrected chi connectivity index (χ2v) is 5.80. The van der Waals surface area contributed by atoms with Crippen LogP contribution in [0.1, 0.15) is 85.5 Å². The third-order valence-electron chi connectivity index (χ3n) is 5.28. The average Bonchev–Trinajstić information content (AvgIpc) is 2.42. The number of rotatable bonds is 11. The third-order valence-corrected chi connectivity index (χ3v) is 5.28. The molecule has 0 unspecified atom stereocenters. The van der Waals surface area contributed by atoms with Gasteiger partial charge in [-0.1, -0.05) is 47.0 Å². The van der Waals surface area contributed by atoms with Crippen molar-refractivity contribution in [2.45, 2.75) is 91.0 Å². The molecule has 0 fully saturated rings. The van der Waals surface area contributed by atoms with Crippen molar-refractivity contribution in [1.82, 2.24) is 0 Å². The largest absolute Gasteiger partial charge is 0.330 e. The minimum Gasteiger partial charge on any atom is -0.330 e. The van der Waals surface area contributed by atoms with Gasteiger partial charge >= 0.3 is 0 Å². The zero-order valence-corrected chi connectivity index (χ0v) is 13.2. The van der Waals surface area contributed by atoms with Crippen LogP contribution in [0.4, 0.5) is 0 Å². The van der Waals surface area contributed by atoms with Gasteiger partial charge in [0, 0.05) is 5.54 Å². The van der Waals surface area contributed by atoms with Crippen molar-refractivity contribution in [2.24, 2.45) is 16.9 Å². The van der Waals surface area contributed by atoms with Crippen LogP contribution in [0, 0.1) is 5.41 Å². The predicted octanol–water partition coefficient (Wildman–Crippen LogP) is 4.22. The van der Waals surface area contributed by atoms with Gasteiger partial charge in [0.15, 0.2) is 0 Å². The lowest BCUT2D eigenvalue weighted by atomic mass is 9.61. The predicted molar refractivity (Wildman–Crippen MR) is 82.7 cm³/mol. The lowest BCUT2D eigenvalue weighted by Gasteiger charge is -2.48. The van der Waals surface area contributed by atoms with E-state index in [9.17, 15) is 0 Å². The maximum atomic E-state index is 6.72. The molecule has 0 rings (SSSR count). The average molecular weight is 256 g/mol. The van der Waals surface area contributed by atoms with Gasteiger partial charge in [0.25, 0.3) is 0 Å². The van der Waals surface area contributed by atoms with E-state index in [0.29, 0.717) is 5.41 Å². The fourth-order valence-electron chi connectivity index (χ4n) is 3.52. The van der Waals surface area contributed by atoms with Crippen LogP contribution in [0.5, 0.6) is 0 Å². The van der Waals surface area contributed by atoms with E-state index in [1.54, 1.807) is 0 Å². The molecule has 0 saturated carbocycles. The van der Waals surface area contributed by atoms with Gasteiger partial charge in [-0.2, -0.15) is 0 Å². The Kier molecular flexibility index (Phi) is 8.89. The molecule has 0 aliphatic rings. The molecule has 2 nitrogen and oxygen atoms in total. The fourth-order valence-corrected chi connectivity index (χ4v) is 3.52. The maximum absolute atomic E-state index is 6.72. The number of hydrogen-bond acceptors (Lipinski definition) is 2. The zero-order valence-electron chi connectivity index (χ0n) is 13.2. The Hall–Kier alpha value is -0.0800. The number of unbranched alkanes of at least 4 members (excludes halogenated alkanes) is 3. The second-order valence-electron chi connectivity index (χ2n) is 5.80. The summed E-state index contributed by atoms with van der Waals surface area (Å²) in [5.74, 6) is 0. The van der Waals surface area contributed by atoms with E-state index in [0.717, 1.165) is 19.4 Å². The Bertz CT molecular complexity index is 193. The van der Waals surface area contributed by atoms with Gasteiger partial charge in [0.2, 0.25) is 0 Å². The summed E-state index contributed by atoms with van der Waals surface area (Å²) in [6, 6.07) is 0. The summed E-state index contributed by atoms with van der Waals surface area (Å²) in [6.07, 6.45) is 10.9. The molecule has 0 atom stereocenters. The highest BCUT2D eigenvalue weighted by atomic mass is 14.8. The quantitative estimate of drug-likeness (QED) is 0.544. The van der Waals surface area contributed by atoms with Crippen LogP contribution in [0.15, 0.2) is 0 Å². The highest BCUT2D eigenvalue weighted by molar-refractivity contribution is 4.99. The van der Waals surface area contributed by atoms with Gasteiger partial charge < -0.3 is 11.5 Å². The minimum atomic E-state index is 0.0182. The fraction of sp³-hybridized carbons (Fsp3) is 1.00. The Balaban J connectivity index is 4.51. The Morgan fingerprint density at radius 2 is 1.22 bits per heavy atom. The molecule has 0 aromatic rings. The van der Waals surface area contributed by atoms with Gasteiger partial charge in [0.1, 0.15) is 0 Å². The topological polar surface area (TPSA) is 52.0 Å².